The van der Waals surface area contributed by atoms with Crippen LogP contribution < -0.4 is 0 Å². The van der Waals surface area contributed by atoms with Crippen LogP contribution in [0.15, 0.2) is 60.7 Å². The highest BCUT2D eigenvalue weighted by molar-refractivity contribution is 5.18. The van der Waals surface area contributed by atoms with Gasteiger partial charge in [0, 0.05) is 13.1 Å². The molecule has 0 aliphatic carbocycles. The van der Waals surface area contributed by atoms with E-state index in [1.54, 1.807) is 0 Å². The molecule has 0 unspecified atom stereocenters. The first kappa shape index (κ1) is 22.8. The minimum absolute atomic E-state index is 0.346. The topological polar surface area (TPSA) is 134 Å². The molecule has 1 aliphatic rings. The molecule has 0 bridgehead atoms. The zero-order chi connectivity index (χ0) is 21.7. The number of hydrogen-bond donors (Lipinski definition) is 6. The zero-order valence-electron chi connectivity index (χ0n) is 16.5. The largest absolute Gasteiger partial charge is 0.394 e. The molecule has 0 aromatic heterocycles. The Hall–Kier alpha value is -1.88. The molecule has 0 radical (unpaired) electrons. The van der Waals surface area contributed by atoms with Gasteiger partial charge in [0.15, 0.2) is 6.29 Å². The fourth-order valence-corrected chi connectivity index (χ4v) is 3.85. The molecule has 0 spiro atoms. The first-order chi connectivity index (χ1) is 14.4. The molecule has 3 rings (SSSR count). The maximum atomic E-state index is 10.6. The molecule has 0 amide bonds. The average Bonchev–Trinajstić information content (AvgIpc) is 2.77. The van der Waals surface area contributed by atoms with E-state index in [-0.39, 0.29) is 0 Å². The van der Waals surface area contributed by atoms with Crippen molar-refractivity contribution in [2.45, 2.75) is 55.9 Å². The van der Waals surface area contributed by atoms with E-state index >= 15 is 0 Å². The van der Waals surface area contributed by atoms with Gasteiger partial charge in [-0.1, -0.05) is 60.7 Å². The Labute approximate surface area is 175 Å². The minimum Gasteiger partial charge on any atom is -0.394 e. The second kappa shape index (κ2) is 10.4. The van der Waals surface area contributed by atoms with Crippen LogP contribution >= 0.6 is 0 Å². The maximum Gasteiger partial charge on any atom is 0.184 e. The van der Waals surface area contributed by atoms with Crippen LogP contribution in [-0.4, -0.2) is 85.0 Å². The van der Waals surface area contributed by atoms with Gasteiger partial charge in [0.25, 0.3) is 0 Å². The standard InChI is InChI=1S/C22H29NO7/c24-13-16(25)17(21-19(27)18(26)20(28)22(29)30-21)23(11-14-7-3-1-4-8-14)12-15-9-5-2-6-10-15/h1-10,16-22,24-29H,11-13H2/t16-,17+,18-,19+,20+,21+,22-/m0/s1. The van der Waals surface area contributed by atoms with E-state index in [0.29, 0.717) is 13.1 Å². The van der Waals surface area contributed by atoms with Crippen LogP contribution in [0.4, 0.5) is 0 Å². The predicted octanol–water partition coefficient (Wildman–Crippen LogP) is -0.789. The molecule has 6 N–H and O–H groups in total. The van der Waals surface area contributed by atoms with Crippen molar-refractivity contribution in [3.63, 3.8) is 0 Å². The summed E-state index contributed by atoms with van der Waals surface area (Å²) in [5.41, 5.74) is 1.85. The number of benzene rings is 2. The van der Waals surface area contributed by atoms with Gasteiger partial charge in [-0.05, 0) is 11.1 Å². The van der Waals surface area contributed by atoms with Gasteiger partial charge in [0.05, 0.1) is 18.8 Å². The molecule has 1 saturated heterocycles. The second-order valence-corrected chi connectivity index (χ2v) is 7.58. The van der Waals surface area contributed by atoms with E-state index in [9.17, 15) is 30.6 Å². The summed E-state index contributed by atoms with van der Waals surface area (Å²) in [5.74, 6) is 0. The molecule has 164 valence electrons. The summed E-state index contributed by atoms with van der Waals surface area (Å²) in [7, 11) is 0. The molecule has 1 aliphatic heterocycles. The second-order valence-electron chi connectivity index (χ2n) is 7.58. The summed E-state index contributed by atoms with van der Waals surface area (Å²) in [5, 5.41) is 60.9. The summed E-state index contributed by atoms with van der Waals surface area (Å²) in [4.78, 5) is 1.82. The highest BCUT2D eigenvalue weighted by Gasteiger charge is 2.49. The van der Waals surface area contributed by atoms with Crippen molar-refractivity contribution in [3.8, 4) is 0 Å². The molecule has 0 saturated carbocycles. The number of rotatable bonds is 8. The van der Waals surface area contributed by atoms with Gasteiger partial charge in [-0.3, -0.25) is 4.90 Å². The molecule has 8 heteroatoms. The molecule has 1 fully saturated rings. The van der Waals surface area contributed by atoms with E-state index in [2.05, 4.69) is 0 Å². The molecule has 2 aromatic rings. The monoisotopic (exact) mass is 419 g/mol. The van der Waals surface area contributed by atoms with Gasteiger partial charge >= 0.3 is 0 Å². The molecular formula is C22H29NO7. The molecule has 2 aromatic carbocycles. The Morgan fingerprint density at radius 2 is 1.27 bits per heavy atom. The summed E-state index contributed by atoms with van der Waals surface area (Å²) < 4.78 is 5.41. The van der Waals surface area contributed by atoms with Gasteiger partial charge in [0.2, 0.25) is 0 Å². The SMILES string of the molecule is OC[C@H](O)[C@H]([C@H]1O[C@H](O)[C@H](O)[C@@H](O)[C@H]1O)N(Cc1ccccc1)Cc1ccccc1. The minimum atomic E-state index is -1.74. The van der Waals surface area contributed by atoms with Gasteiger partial charge < -0.3 is 35.4 Å². The summed E-state index contributed by atoms with van der Waals surface area (Å²) >= 11 is 0. The van der Waals surface area contributed by atoms with Crippen molar-refractivity contribution in [2.75, 3.05) is 6.61 Å². The lowest BCUT2D eigenvalue weighted by molar-refractivity contribution is -0.298. The van der Waals surface area contributed by atoms with Crippen molar-refractivity contribution < 1.29 is 35.4 Å². The quantitative estimate of drug-likeness (QED) is 0.328. The highest BCUT2D eigenvalue weighted by Crippen LogP contribution is 2.28. The summed E-state index contributed by atoms with van der Waals surface area (Å²) in [6, 6.07) is 17.9. The number of nitrogens with zero attached hydrogens (tertiary/aromatic N) is 1. The predicted molar refractivity (Wildman–Crippen MR) is 108 cm³/mol. The van der Waals surface area contributed by atoms with Crippen LogP contribution in [-0.2, 0) is 17.8 Å². The van der Waals surface area contributed by atoms with E-state index < -0.39 is 49.5 Å². The van der Waals surface area contributed by atoms with Crippen LogP contribution in [0.1, 0.15) is 11.1 Å². The Morgan fingerprint density at radius 1 is 0.767 bits per heavy atom. The van der Waals surface area contributed by atoms with Crippen LogP contribution in [0.3, 0.4) is 0 Å². The van der Waals surface area contributed by atoms with Gasteiger partial charge in [-0.15, -0.1) is 0 Å². The van der Waals surface area contributed by atoms with Gasteiger partial charge in [0.1, 0.15) is 24.4 Å². The zero-order valence-corrected chi connectivity index (χ0v) is 16.5. The number of hydrogen-bond acceptors (Lipinski definition) is 8. The number of ether oxygens (including phenoxy) is 1. The number of aliphatic hydroxyl groups excluding tert-OH is 6. The van der Waals surface area contributed by atoms with Crippen molar-refractivity contribution in [2.24, 2.45) is 0 Å². The lowest BCUT2D eigenvalue weighted by atomic mass is 9.90. The van der Waals surface area contributed by atoms with Crippen molar-refractivity contribution in [3.05, 3.63) is 71.8 Å². The lowest BCUT2D eigenvalue weighted by Crippen LogP contribution is -2.65. The van der Waals surface area contributed by atoms with Crippen molar-refractivity contribution >= 4 is 0 Å². The van der Waals surface area contributed by atoms with Crippen LogP contribution in [0.5, 0.6) is 0 Å². The van der Waals surface area contributed by atoms with Crippen LogP contribution in [0, 0.1) is 0 Å². The first-order valence-electron chi connectivity index (χ1n) is 9.91. The third-order valence-electron chi connectivity index (χ3n) is 5.42. The Morgan fingerprint density at radius 3 is 1.73 bits per heavy atom. The molecule has 30 heavy (non-hydrogen) atoms. The van der Waals surface area contributed by atoms with E-state index in [1.165, 1.54) is 0 Å². The summed E-state index contributed by atoms with van der Waals surface area (Å²) in [6.45, 7) is 0.0731. The smallest absolute Gasteiger partial charge is 0.184 e. The van der Waals surface area contributed by atoms with Crippen LogP contribution in [0.25, 0.3) is 0 Å². The van der Waals surface area contributed by atoms with Gasteiger partial charge in [-0.2, -0.15) is 0 Å². The molecular weight excluding hydrogens is 390 g/mol. The maximum absolute atomic E-state index is 10.6. The van der Waals surface area contributed by atoms with Crippen molar-refractivity contribution in [1.82, 2.24) is 4.90 Å². The Balaban J connectivity index is 1.96. The first-order valence-corrected chi connectivity index (χ1v) is 9.91. The van der Waals surface area contributed by atoms with E-state index in [1.807, 2.05) is 65.6 Å². The normalized spacial score (nSPS) is 29.0. The lowest BCUT2D eigenvalue weighted by Gasteiger charge is -2.46. The van der Waals surface area contributed by atoms with E-state index in [0.717, 1.165) is 11.1 Å². The third-order valence-corrected chi connectivity index (χ3v) is 5.42. The molecule has 7 atom stereocenters. The molecule has 1 heterocycles. The Kier molecular flexibility index (Phi) is 7.93. The fourth-order valence-electron chi connectivity index (χ4n) is 3.85. The number of aliphatic hydroxyl groups is 6. The highest BCUT2D eigenvalue weighted by atomic mass is 16.6. The van der Waals surface area contributed by atoms with E-state index in [4.69, 9.17) is 4.74 Å². The Bertz CT molecular complexity index is 721. The van der Waals surface area contributed by atoms with Gasteiger partial charge in [-0.25, -0.2) is 0 Å². The van der Waals surface area contributed by atoms with Crippen molar-refractivity contribution in [1.29, 1.82) is 0 Å². The fraction of sp³-hybridized carbons (Fsp3) is 0.455. The summed E-state index contributed by atoms with van der Waals surface area (Å²) in [6.07, 6.45) is -9.26. The van der Waals surface area contributed by atoms with Crippen LogP contribution in [0.2, 0.25) is 0 Å². The molecule has 8 nitrogen and oxygen atoms in total. The third kappa shape index (κ3) is 5.23. The average molecular weight is 419 g/mol.